The summed E-state index contributed by atoms with van der Waals surface area (Å²) in [4.78, 5) is 26.0. The molecule has 2 rings (SSSR count). The van der Waals surface area contributed by atoms with E-state index in [2.05, 4.69) is 43.2 Å². The van der Waals surface area contributed by atoms with E-state index in [1.807, 2.05) is 0 Å². The Balaban J connectivity index is 1.93. The van der Waals surface area contributed by atoms with Crippen molar-refractivity contribution in [1.29, 1.82) is 0 Å². The molecule has 1 saturated heterocycles. The predicted octanol–water partition coefficient (Wildman–Crippen LogP) is 2.42. The van der Waals surface area contributed by atoms with E-state index in [-0.39, 0.29) is 23.1 Å². The highest BCUT2D eigenvalue weighted by Crippen LogP contribution is 2.28. The van der Waals surface area contributed by atoms with Gasteiger partial charge in [-0.05, 0) is 6.42 Å². The number of carbonyl (C=O) groups is 2. The Morgan fingerprint density at radius 3 is 2.73 bits per heavy atom. The first-order valence-electron chi connectivity index (χ1n) is 7.74. The van der Waals surface area contributed by atoms with E-state index in [1.54, 1.807) is 4.90 Å². The molecule has 1 atom stereocenters. The molecule has 0 radical (unpaired) electrons. The van der Waals surface area contributed by atoms with Crippen molar-refractivity contribution >= 4 is 28.3 Å². The minimum absolute atomic E-state index is 0.0706. The van der Waals surface area contributed by atoms with Gasteiger partial charge in [0.25, 0.3) is 0 Å². The lowest BCUT2D eigenvalue weighted by Crippen LogP contribution is -2.29. The summed E-state index contributed by atoms with van der Waals surface area (Å²) in [6.07, 6.45) is 2.31. The van der Waals surface area contributed by atoms with Crippen LogP contribution in [0.5, 0.6) is 0 Å². The summed E-state index contributed by atoms with van der Waals surface area (Å²) in [6, 6.07) is 0. The molecule has 0 unspecified atom stereocenters. The van der Waals surface area contributed by atoms with E-state index in [4.69, 9.17) is 0 Å². The molecule has 6 nitrogen and oxygen atoms in total. The van der Waals surface area contributed by atoms with Crippen molar-refractivity contribution in [2.75, 3.05) is 18.4 Å². The third kappa shape index (κ3) is 4.03. The molecule has 1 aliphatic heterocycles. The summed E-state index contributed by atoms with van der Waals surface area (Å²) >= 11 is 1.39. The molecule has 0 bridgehead atoms. The first-order valence-corrected chi connectivity index (χ1v) is 8.55. The topological polar surface area (TPSA) is 75.2 Å². The average Bonchev–Trinajstić information content (AvgIpc) is 3.03. The van der Waals surface area contributed by atoms with Crippen LogP contribution in [0.1, 0.15) is 52.0 Å². The molecule has 0 spiro atoms. The first-order chi connectivity index (χ1) is 10.3. The largest absolute Gasteiger partial charge is 0.342 e. The molecule has 22 heavy (non-hydrogen) atoms. The van der Waals surface area contributed by atoms with Gasteiger partial charge in [-0.25, -0.2) is 0 Å². The highest BCUT2D eigenvalue weighted by molar-refractivity contribution is 7.15. The molecular weight excluding hydrogens is 300 g/mol. The minimum atomic E-state index is -0.286. The SMILES string of the molecule is CCCCN1C[C@H](C(=O)Nc2nnc(C(C)(C)C)s2)CC1=O. The van der Waals surface area contributed by atoms with Gasteiger partial charge >= 0.3 is 0 Å². The molecule has 1 aliphatic rings. The molecular formula is C15H24N4O2S. The Bertz CT molecular complexity index is 550. The van der Waals surface area contributed by atoms with Crippen LogP contribution in [0, 0.1) is 5.92 Å². The molecule has 2 amide bonds. The minimum Gasteiger partial charge on any atom is -0.342 e. The molecule has 1 aromatic heterocycles. The van der Waals surface area contributed by atoms with Gasteiger partial charge in [0.05, 0.1) is 5.92 Å². The summed E-state index contributed by atoms with van der Waals surface area (Å²) in [7, 11) is 0. The van der Waals surface area contributed by atoms with Crippen LogP contribution in [-0.2, 0) is 15.0 Å². The summed E-state index contributed by atoms with van der Waals surface area (Å²) in [5.41, 5.74) is -0.0824. The van der Waals surface area contributed by atoms with E-state index in [9.17, 15) is 9.59 Å². The molecule has 7 heteroatoms. The Labute approximate surface area is 135 Å². The van der Waals surface area contributed by atoms with Crippen LogP contribution < -0.4 is 5.32 Å². The number of likely N-dealkylation sites (tertiary alicyclic amines) is 1. The zero-order chi connectivity index (χ0) is 16.3. The van der Waals surface area contributed by atoms with Gasteiger partial charge < -0.3 is 10.2 Å². The third-order valence-corrected chi connectivity index (χ3v) is 4.93. The number of hydrogen-bond acceptors (Lipinski definition) is 5. The second-order valence-corrected chi connectivity index (χ2v) is 7.72. The van der Waals surface area contributed by atoms with E-state index in [1.165, 1.54) is 11.3 Å². The van der Waals surface area contributed by atoms with Crippen molar-refractivity contribution in [2.24, 2.45) is 5.92 Å². The predicted molar refractivity (Wildman–Crippen MR) is 86.8 cm³/mol. The Morgan fingerprint density at radius 2 is 2.14 bits per heavy atom. The number of unbranched alkanes of at least 4 members (excludes halogenated alkanes) is 1. The Hall–Kier alpha value is -1.50. The van der Waals surface area contributed by atoms with Gasteiger partial charge in [0.2, 0.25) is 16.9 Å². The number of rotatable bonds is 5. The molecule has 0 aromatic carbocycles. The fraction of sp³-hybridized carbons (Fsp3) is 0.733. The number of carbonyl (C=O) groups excluding carboxylic acids is 2. The van der Waals surface area contributed by atoms with Crippen molar-refractivity contribution in [1.82, 2.24) is 15.1 Å². The molecule has 122 valence electrons. The van der Waals surface area contributed by atoms with Gasteiger partial charge in [-0.15, -0.1) is 10.2 Å². The maximum atomic E-state index is 12.3. The van der Waals surface area contributed by atoms with E-state index in [0.717, 1.165) is 24.4 Å². The monoisotopic (exact) mass is 324 g/mol. The summed E-state index contributed by atoms with van der Waals surface area (Å²) in [5, 5.41) is 12.3. The highest BCUT2D eigenvalue weighted by Gasteiger charge is 2.34. The van der Waals surface area contributed by atoms with Gasteiger partial charge in [-0.3, -0.25) is 9.59 Å². The normalized spacial score (nSPS) is 18.8. The zero-order valence-corrected chi connectivity index (χ0v) is 14.5. The van der Waals surface area contributed by atoms with Crippen LogP contribution >= 0.6 is 11.3 Å². The van der Waals surface area contributed by atoms with Crippen LogP contribution in [0.15, 0.2) is 0 Å². The average molecular weight is 324 g/mol. The number of nitrogens with one attached hydrogen (secondary N) is 1. The van der Waals surface area contributed by atoms with E-state index < -0.39 is 0 Å². The van der Waals surface area contributed by atoms with Crippen LogP contribution in [-0.4, -0.2) is 40.0 Å². The maximum Gasteiger partial charge on any atom is 0.231 e. The maximum absolute atomic E-state index is 12.3. The summed E-state index contributed by atoms with van der Waals surface area (Å²) in [5.74, 6) is -0.350. The number of aromatic nitrogens is 2. The van der Waals surface area contributed by atoms with Crippen molar-refractivity contribution in [3.05, 3.63) is 5.01 Å². The number of anilines is 1. The van der Waals surface area contributed by atoms with Crippen molar-refractivity contribution in [3.63, 3.8) is 0 Å². The number of amides is 2. The van der Waals surface area contributed by atoms with Crippen LogP contribution in [0.2, 0.25) is 0 Å². The van der Waals surface area contributed by atoms with Crippen molar-refractivity contribution < 1.29 is 9.59 Å². The quantitative estimate of drug-likeness (QED) is 0.902. The van der Waals surface area contributed by atoms with Gasteiger partial charge in [-0.2, -0.15) is 0 Å². The lowest BCUT2D eigenvalue weighted by molar-refractivity contribution is -0.128. The van der Waals surface area contributed by atoms with Crippen molar-refractivity contribution in [2.45, 2.75) is 52.4 Å². The fourth-order valence-corrected chi connectivity index (χ4v) is 3.10. The fourth-order valence-electron chi connectivity index (χ4n) is 2.30. The van der Waals surface area contributed by atoms with Crippen LogP contribution in [0.4, 0.5) is 5.13 Å². The zero-order valence-electron chi connectivity index (χ0n) is 13.7. The Morgan fingerprint density at radius 1 is 1.41 bits per heavy atom. The first kappa shape index (κ1) is 16.9. The third-order valence-electron chi connectivity index (χ3n) is 3.66. The Kier molecular flexibility index (Phi) is 5.16. The molecule has 2 heterocycles. The van der Waals surface area contributed by atoms with Crippen LogP contribution in [0.3, 0.4) is 0 Å². The van der Waals surface area contributed by atoms with E-state index in [0.29, 0.717) is 18.1 Å². The highest BCUT2D eigenvalue weighted by atomic mass is 32.1. The second-order valence-electron chi connectivity index (χ2n) is 6.75. The van der Waals surface area contributed by atoms with E-state index >= 15 is 0 Å². The molecule has 0 aliphatic carbocycles. The smallest absolute Gasteiger partial charge is 0.231 e. The van der Waals surface area contributed by atoms with Crippen molar-refractivity contribution in [3.8, 4) is 0 Å². The second kappa shape index (κ2) is 6.73. The van der Waals surface area contributed by atoms with Gasteiger partial charge in [0, 0.05) is 24.9 Å². The van der Waals surface area contributed by atoms with Gasteiger partial charge in [0.1, 0.15) is 5.01 Å². The molecule has 1 N–H and O–H groups in total. The lowest BCUT2D eigenvalue weighted by Gasteiger charge is -2.15. The van der Waals surface area contributed by atoms with Gasteiger partial charge in [0.15, 0.2) is 0 Å². The molecule has 1 fully saturated rings. The summed E-state index contributed by atoms with van der Waals surface area (Å²) < 4.78 is 0. The summed E-state index contributed by atoms with van der Waals surface area (Å²) in [6.45, 7) is 9.51. The number of hydrogen-bond donors (Lipinski definition) is 1. The lowest BCUT2D eigenvalue weighted by atomic mass is 9.98. The standard InChI is InChI=1S/C15H24N4O2S/c1-5-6-7-19-9-10(8-11(19)20)12(21)16-14-18-17-13(22-14)15(2,3)4/h10H,5-9H2,1-4H3,(H,16,18,21)/t10-/m1/s1. The van der Waals surface area contributed by atoms with Crippen LogP contribution in [0.25, 0.3) is 0 Å². The number of nitrogens with zero attached hydrogens (tertiary/aromatic N) is 3. The molecule has 1 aromatic rings. The molecule has 0 saturated carbocycles. The van der Waals surface area contributed by atoms with Gasteiger partial charge in [-0.1, -0.05) is 45.5 Å².